The van der Waals surface area contributed by atoms with Crippen LogP contribution in [0.5, 0.6) is 0 Å². The molecule has 0 bridgehead atoms. The van der Waals surface area contributed by atoms with Crippen molar-refractivity contribution in [2.24, 2.45) is 30.2 Å². The van der Waals surface area contributed by atoms with Crippen molar-refractivity contribution in [2.45, 2.75) is 44.0 Å². The van der Waals surface area contributed by atoms with Crippen molar-refractivity contribution in [1.82, 2.24) is 9.55 Å². The summed E-state index contributed by atoms with van der Waals surface area (Å²) in [5.74, 6) is 2.19. The monoisotopic (exact) mass is 266 g/mol. The molecule has 100 valence electrons. The highest BCUT2D eigenvalue weighted by Gasteiger charge is 2.61. The second-order valence-electron chi connectivity index (χ2n) is 6.64. The van der Waals surface area contributed by atoms with E-state index in [1.165, 1.54) is 6.42 Å². The van der Waals surface area contributed by atoms with Crippen molar-refractivity contribution >= 4 is 10.8 Å². The van der Waals surface area contributed by atoms with Gasteiger partial charge in [0.15, 0.2) is 5.16 Å². The fourth-order valence-corrected chi connectivity index (χ4v) is 5.50. The van der Waals surface area contributed by atoms with Crippen LogP contribution in [-0.4, -0.2) is 19.0 Å². The largest absolute Gasteiger partial charge is 0.327 e. The van der Waals surface area contributed by atoms with E-state index in [2.05, 4.69) is 25.8 Å². The zero-order valence-electron chi connectivity index (χ0n) is 11.6. The molecule has 18 heavy (non-hydrogen) atoms. The van der Waals surface area contributed by atoms with Crippen molar-refractivity contribution in [1.29, 1.82) is 0 Å². The highest BCUT2D eigenvalue weighted by atomic mass is 32.2. The summed E-state index contributed by atoms with van der Waals surface area (Å²) >= 11 is 0. The summed E-state index contributed by atoms with van der Waals surface area (Å²) in [5, 5.41) is 1.03. The topological polar surface area (TPSA) is 34.9 Å². The minimum atomic E-state index is -0.956. The molecule has 5 atom stereocenters. The van der Waals surface area contributed by atoms with Crippen molar-refractivity contribution in [3.8, 4) is 0 Å². The quantitative estimate of drug-likeness (QED) is 0.824. The van der Waals surface area contributed by atoms with Crippen LogP contribution >= 0.6 is 0 Å². The molecule has 2 aliphatic carbocycles. The van der Waals surface area contributed by atoms with Crippen molar-refractivity contribution in [3.05, 3.63) is 12.4 Å². The zero-order chi connectivity index (χ0) is 13.1. The Morgan fingerprint density at radius 2 is 2.06 bits per heavy atom. The lowest BCUT2D eigenvalue weighted by Crippen LogP contribution is -2.29. The van der Waals surface area contributed by atoms with E-state index in [-0.39, 0.29) is 5.25 Å². The third kappa shape index (κ3) is 1.68. The molecule has 2 aliphatic rings. The van der Waals surface area contributed by atoms with Gasteiger partial charge in [0.1, 0.15) is 0 Å². The molecule has 1 aromatic rings. The van der Waals surface area contributed by atoms with Gasteiger partial charge >= 0.3 is 0 Å². The molecule has 1 heterocycles. The Labute approximate surface area is 111 Å². The zero-order valence-corrected chi connectivity index (χ0v) is 12.4. The van der Waals surface area contributed by atoms with E-state index in [0.29, 0.717) is 11.3 Å². The molecule has 0 saturated heterocycles. The van der Waals surface area contributed by atoms with Crippen molar-refractivity contribution < 1.29 is 4.21 Å². The molecule has 4 heteroatoms. The van der Waals surface area contributed by atoms with Crippen LogP contribution in [-0.2, 0) is 17.8 Å². The van der Waals surface area contributed by atoms with Crippen LogP contribution in [0.2, 0.25) is 0 Å². The number of hydrogen-bond donors (Lipinski definition) is 0. The number of aryl methyl sites for hydroxylation is 1. The lowest BCUT2D eigenvalue weighted by Gasteiger charge is -2.26. The highest BCUT2D eigenvalue weighted by molar-refractivity contribution is 7.85. The summed E-state index contributed by atoms with van der Waals surface area (Å²) in [6, 6.07) is 0. The van der Waals surface area contributed by atoms with Gasteiger partial charge in [-0.05, 0) is 36.0 Å². The first kappa shape index (κ1) is 12.4. The predicted octanol–water partition coefficient (Wildman–Crippen LogP) is 2.60. The van der Waals surface area contributed by atoms with E-state index >= 15 is 0 Å². The van der Waals surface area contributed by atoms with Crippen LogP contribution in [0.1, 0.15) is 33.6 Å². The summed E-state index contributed by atoms with van der Waals surface area (Å²) in [5.41, 5.74) is 0.481. The number of rotatable bonds is 2. The van der Waals surface area contributed by atoms with Crippen LogP contribution in [0.4, 0.5) is 0 Å². The smallest absolute Gasteiger partial charge is 0.199 e. The lowest BCUT2D eigenvalue weighted by atomic mass is 9.90. The van der Waals surface area contributed by atoms with Crippen LogP contribution in [0.25, 0.3) is 0 Å². The SMILES string of the molecule is C[C@@H]1C[C@H]2[C@@H](C[C@@H]1S(=O)c1nccn1C)C2(C)C. The standard InChI is InChI=1S/C14H22N2OS/c1-9-7-10-11(14(10,2)3)8-12(9)18(17)13-15-5-6-16(13)4/h5-6,9-12H,7-8H2,1-4H3/t9-,10+,11-,12+,18?/m1/s1. The van der Waals surface area contributed by atoms with Gasteiger partial charge in [0.25, 0.3) is 0 Å². The number of hydrogen-bond acceptors (Lipinski definition) is 2. The maximum atomic E-state index is 12.7. The fraction of sp³-hybridized carbons (Fsp3) is 0.786. The molecule has 0 spiro atoms. The Hall–Kier alpha value is -0.640. The summed E-state index contributed by atoms with van der Waals surface area (Å²) in [6.45, 7) is 6.98. The molecule has 1 unspecified atom stereocenters. The average molecular weight is 266 g/mol. The second-order valence-corrected chi connectivity index (χ2v) is 8.21. The third-order valence-corrected chi connectivity index (χ3v) is 7.23. The van der Waals surface area contributed by atoms with Crippen LogP contribution in [0.3, 0.4) is 0 Å². The number of nitrogens with zero attached hydrogens (tertiary/aromatic N) is 2. The Kier molecular flexibility index (Phi) is 2.70. The summed E-state index contributed by atoms with van der Waals surface area (Å²) in [4.78, 5) is 4.26. The highest BCUT2D eigenvalue weighted by Crippen LogP contribution is 2.66. The molecule has 0 aliphatic heterocycles. The molecular formula is C14H22N2OS. The molecule has 0 radical (unpaired) electrons. The van der Waals surface area contributed by atoms with E-state index < -0.39 is 10.8 Å². The molecule has 3 nitrogen and oxygen atoms in total. The predicted molar refractivity (Wildman–Crippen MR) is 72.6 cm³/mol. The Balaban J connectivity index is 1.81. The number of fused-ring (bicyclic) bond motifs is 1. The van der Waals surface area contributed by atoms with Gasteiger partial charge in [0.05, 0.1) is 10.8 Å². The van der Waals surface area contributed by atoms with E-state index in [1.54, 1.807) is 6.20 Å². The molecule has 2 saturated carbocycles. The van der Waals surface area contributed by atoms with Gasteiger partial charge in [-0.15, -0.1) is 0 Å². The van der Waals surface area contributed by atoms with Crippen LogP contribution in [0, 0.1) is 23.2 Å². The molecule has 0 amide bonds. The van der Waals surface area contributed by atoms with Gasteiger partial charge in [-0.2, -0.15) is 0 Å². The normalized spacial score (nSPS) is 39.1. The number of aromatic nitrogens is 2. The van der Waals surface area contributed by atoms with Gasteiger partial charge in [-0.25, -0.2) is 4.98 Å². The summed E-state index contributed by atoms with van der Waals surface area (Å²) in [7, 11) is 0.972. The summed E-state index contributed by atoms with van der Waals surface area (Å²) in [6.07, 6.45) is 5.96. The van der Waals surface area contributed by atoms with Gasteiger partial charge < -0.3 is 4.57 Å². The van der Waals surface area contributed by atoms with Crippen molar-refractivity contribution in [2.75, 3.05) is 0 Å². The molecule has 1 aromatic heterocycles. The number of imidazole rings is 1. The molecule has 0 aromatic carbocycles. The first-order valence-corrected chi connectivity index (χ1v) is 8.02. The Morgan fingerprint density at radius 1 is 1.39 bits per heavy atom. The van der Waals surface area contributed by atoms with E-state index in [1.807, 2.05) is 17.8 Å². The third-order valence-electron chi connectivity index (χ3n) is 5.27. The first-order valence-electron chi connectivity index (χ1n) is 6.81. The Bertz CT molecular complexity index is 494. The lowest BCUT2D eigenvalue weighted by molar-refractivity contribution is 0.372. The minimum absolute atomic E-state index is 0.286. The fourth-order valence-electron chi connectivity index (χ4n) is 3.81. The van der Waals surface area contributed by atoms with Crippen LogP contribution in [0.15, 0.2) is 17.6 Å². The van der Waals surface area contributed by atoms with Crippen molar-refractivity contribution in [3.63, 3.8) is 0 Å². The van der Waals surface area contributed by atoms with E-state index in [9.17, 15) is 4.21 Å². The van der Waals surface area contributed by atoms with Gasteiger partial charge in [-0.1, -0.05) is 20.8 Å². The summed E-state index contributed by atoms with van der Waals surface area (Å²) < 4.78 is 14.6. The van der Waals surface area contributed by atoms with E-state index in [0.717, 1.165) is 23.4 Å². The van der Waals surface area contributed by atoms with Gasteiger partial charge in [-0.3, -0.25) is 4.21 Å². The maximum Gasteiger partial charge on any atom is 0.199 e. The van der Waals surface area contributed by atoms with Gasteiger partial charge in [0, 0.05) is 24.7 Å². The molecule has 3 rings (SSSR count). The van der Waals surface area contributed by atoms with Crippen LogP contribution < -0.4 is 0 Å². The molecule has 2 fully saturated rings. The first-order chi connectivity index (χ1) is 8.43. The second kappa shape index (κ2) is 3.92. The molecular weight excluding hydrogens is 244 g/mol. The van der Waals surface area contributed by atoms with E-state index in [4.69, 9.17) is 0 Å². The minimum Gasteiger partial charge on any atom is -0.327 e. The van der Waals surface area contributed by atoms with Gasteiger partial charge in [0.2, 0.25) is 0 Å². The Morgan fingerprint density at radius 3 is 2.67 bits per heavy atom. The molecule has 0 N–H and O–H groups in total. The maximum absolute atomic E-state index is 12.7. The average Bonchev–Trinajstić information content (AvgIpc) is 2.68.